The molecule has 2 aromatic heterocycles. The van der Waals surface area contributed by atoms with Crippen LogP contribution in [0.25, 0.3) is 17.1 Å². The molecule has 2 amide bonds. The molecule has 2 unspecified atom stereocenters. The van der Waals surface area contributed by atoms with Gasteiger partial charge in [-0.2, -0.15) is 23.3 Å². The second-order valence-corrected chi connectivity index (χ2v) is 10.1. The average molecular weight is 567 g/mol. The lowest BCUT2D eigenvalue weighted by molar-refractivity contribution is -0.141. The van der Waals surface area contributed by atoms with Crippen LogP contribution in [0.1, 0.15) is 54.0 Å². The van der Waals surface area contributed by atoms with Crippen molar-refractivity contribution in [2.45, 2.75) is 38.3 Å². The highest BCUT2D eigenvalue weighted by atomic mass is 19.4. The summed E-state index contributed by atoms with van der Waals surface area (Å²) in [6.07, 6.45) is -2.61. The van der Waals surface area contributed by atoms with Gasteiger partial charge in [-0.15, -0.1) is 0 Å². The van der Waals surface area contributed by atoms with Crippen LogP contribution < -0.4 is 5.32 Å². The molecule has 0 aliphatic carbocycles. The number of likely N-dealkylation sites (tertiary alicyclic amines) is 1. The molecule has 1 N–H and O–H groups in total. The summed E-state index contributed by atoms with van der Waals surface area (Å²) in [6.45, 7) is 3.13. The second kappa shape index (κ2) is 11.9. The van der Waals surface area contributed by atoms with Gasteiger partial charge >= 0.3 is 6.18 Å². The van der Waals surface area contributed by atoms with Gasteiger partial charge in [0.05, 0.1) is 11.3 Å². The minimum atomic E-state index is -4.80. The Morgan fingerprint density at radius 1 is 1.07 bits per heavy atom. The van der Waals surface area contributed by atoms with Crippen molar-refractivity contribution < 1.29 is 27.3 Å². The fourth-order valence-electron chi connectivity index (χ4n) is 4.99. The SMILES string of the molecule is CC1CN(C(=O)CCCNC(=O)c2cn(-c3ccccc3)nc2C(F)(F)F)CCC1c1nc(-c2ccccc2)no1. The number of halogens is 3. The fraction of sp³-hybridized carbons (Fsp3) is 0.345. The van der Waals surface area contributed by atoms with Crippen molar-refractivity contribution in [1.82, 2.24) is 30.1 Å². The summed E-state index contributed by atoms with van der Waals surface area (Å²) in [7, 11) is 0. The highest BCUT2D eigenvalue weighted by Gasteiger charge is 2.39. The van der Waals surface area contributed by atoms with Crippen LogP contribution in [-0.2, 0) is 11.0 Å². The standard InChI is InChI=1S/C29H29F3N6O3/c1-19-17-37(16-14-22(19)28-34-26(36-41-28)20-9-4-2-5-10-20)24(39)13-8-15-33-27(40)23-18-38(21-11-6-3-7-12-21)35-25(23)29(30,31)32/h2-7,9-12,18-19,22H,8,13-17H2,1H3,(H,33,40). The summed E-state index contributed by atoms with van der Waals surface area (Å²) in [5, 5.41) is 10.2. The number of rotatable bonds is 8. The van der Waals surface area contributed by atoms with Crippen molar-refractivity contribution in [2.24, 2.45) is 5.92 Å². The molecular formula is C29H29F3N6O3. The van der Waals surface area contributed by atoms with Crippen LogP contribution in [0.2, 0.25) is 0 Å². The Labute approximate surface area is 234 Å². The lowest BCUT2D eigenvalue weighted by Crippen LogP contribution is -2.42. The highest BCUT2D eigenvalue weighted by Crippen LogP contribution is 2.33. The van der Waals surface area contributed by atoms with Crippen molar-refractivity contribution in [2.75, 3.05) is 19.6 Å². The van der Waals surface area contributed by atoms with Gasteiger partial charge in [0.15, 0.2) is 5.69 Å². The molecule has 41 heavy (non-hydrogen) atoms. The first-order valence-electron chi connectivity index (χ1n) is 13.4. The zero-order valence-electron chi connectivity index (χ0n) is 22.3. The van der Waals surface area contributed by atoms with Gasteiger partial charge in [-0.05, 0) is 30.9 Å². The molecular weight excluding hydrogens is 537 g/mol. The highest BCUT2D eigenvalue weighted by molar-refractivity contribution is 5.95. The Kier molecular flexibility index (Phi) is 8.18. The monoisotopic (exact) mass is 566 g/mol. The van der Waals surface area contributed by atoms with E-state index in [9.17, 15) is 22.8 Å². The molecule has 1 aliphatic heterocycles. The maximum atomic E-state index is 13.6. The number of benzene rings is 2. The van der Waals surface area contributed by atoms with E-state index in [2.05, 4.69) is 20.6 Å². The third-order valence-corrected chi connectivity index (χ3v) is 7.15. The normalized spacial score (nSPS) is 17.4. The number of carbonyl (C=O) groups is 2. The lowest BCUT2D eigenvalue weighted by atomic mass is 9.86. The molecule has 0 radical (unpaired) electrons. The minimum Gasteiger partial charge on any atom is -0.352 e. The molecule has 3 heterocycles. The summed E-state index contributed by atoms with van der Waals surface area (Å²) in [5.41, 5.74) is -0.560. The van der Waals surface area contributed by atoms with Crippen molar-refractivity contribution in [3.63, 3.8) is 0 Å². The van der Waals surface area contributed by atoms with Gasteiger partial charge in [0, 0.05) is 43.7 Å². The molecule has 2 atom stereocenters. The van der Waals surface area contributed by atoms with Crippen LogP contribution in [-0.4, -0.2) is 56.3 Å². The molecule has 1 aliphatic rings. The summed E-state index contributed by atoms with van der Waals surface area (Å²) in [5.74, 6) is 0.244. The van der Waals surface area contributed by atoms with Gasteiger partial charge in [0.2, 0.25) is 17.6 Å². The molecule has 214 valence electrons. The third kappa shape index (κ3) is 6.47. The van der Waals surface area contributed by atoms with Crippen LogP contribution in [0.4, 0.5) is 13.2 Å². The Morgan fingerprint density at radius 3 is 2.46 bits per heavy atom. The van der Waals surface area contributed by atoms with E-state index < -0.39 is 23.3 Å². The largest absolute Gasteiger partial charge is 0.435 e. The number of hydrogen-bond donors (Lipinski definition) is 1. The number of amides is 2. The summed E-state index contributed by atoms with van der Waals surface area (Å²) in [6, 6.07) is 17.8. The van der Waals surface area contributed by atoms with Crippen LogP contribution >= 0.6 is 0 Å². The number of para-hydroxylation sites is 1. The first-order chi connectivity index (χ1) is 19.7. The first-order valence-corrected chi connectivity index (χ1v) is 13.4. The van der Waals surface area contributed by atoms with E-state index in [1.807, 2.05) is 37.3 Å². The number of piperidine rings is 1. The van der Waals surface area contributed by atoms with Crippen molar-refractivity contribution >= 4 is 11.8 Å². The van der Waals surface area contributed by atoms with Gasteiger partial charge < -0.3 is 14.7 Å². The van der Waals surface area contributed by atoms with Gasteiger partial charge in [-0.1, -0.05) is 60.6 Å². The van der Waals surface area contributed by atoms with E-state index in [0.717, 1.165) is 16.4 Å². The Balaban J connectivity index is 1.11. The second-order valence-electron chi connectivity index (χ2n) is 10.1. The van der Waals surface area contributed by atoms with E-state index in [4.69, 9.17) is 4.52 Å². The fourth-order valence-corrected chi connectivity index (χ4v) is 4.99. The van der Waals surface area contributed by atoms with Crippen molar-refractivity contribution in [3.8, 4) is 17.1 Å². The van der Waals surface area contributed by atoms with E-state index in [-0.39, 0.29) is 37.1 Å². The van der Waals surface area contributed by atoms with Crippen LogP contribution in [0.3, 0.4) is 0 Å². The quantitative estimate of drug-likeness (QED) is 0.298. The smallest absolute Gasteiger partial charge is 0.352 e. The van der Waals surface area contributed by atoms with Crippen molar-refractivity contribution in [1.29, 1.82) is 0 Å². The first kappa shape index (κ1) is 28.1. The Hall–Kier alpha value is -4.48. The maximum absolute atomic E-state index is 13.6. The van der Waals surface area contributed by atoms with Crippen LogP contribution in [0.5, 0.6) is 0 Å². The number of aromatic nitrogens is 4. The van der Waals surface area contributed by atoms with Crippen LogP contribution in [0.15, 0.2) is 71.4 Å². The average Bonchev–Trinajstić information content (AvgIpc) is 3.65. The zero-order valence-corrected chi connectivity index (χ0v) is 22.3. The zero-order chi connectivity index (χ0) is 29.0. The molecule has 2 aromatic carbocycles. The summed E-state index contributed by atoms with van der Waals surface area (Å²) in [4.78, 5) is 31.8. The molecule has 4 aromatic rings. The number of nitrogens with zero attached hydrogens (tertiary/aromatic N) is 5. The molecule has 9 nitrogen and oxygen atoms in total. The molecule has 1 saturated heterocycles. The van der Waals surface area contributed by atoms with Gasteiger partial charge in [-0.3, -0.25) is 9.59 Å². The third-order valence-electron chi connectivity index (χ3n) is 7.15. The maximum Gasteiger partial charge on any atom is 0.435 e. The van der Waals surface area contributed by atoms with E-state index in [1.165, 1.54) is 0 Å². The molecule has 0 bridgehead atoms. The topological polar surface area (TPSA) is 106 Å². The number of nitrogens with one attached hydrogen (secondary N) is 1. The molecule has 1 fully saturated rings. The van der Waals surface area contributed by atoms with Gasteiger partial charge in [0.1, 0.15) is 0 Å². The van der Waals surface area contributed by atoms with E-state index in [1.54, 1.807) is 35.2 Å². The molecule has 12 heteroatoms. The summed E-state index contributed by atoms with van der Waals surface area (Å²) >= 11 is 0. The lowest BCUT2D eigenvalue weighted by Gasteiger charge is -2.35. The Bertz CT molecular complexity index is 1490. The number of alkyl halides is 3. The molecule has 0 spiro atoms. The van der Waals surface area contributed by atoms with E-state index in [0.29, 0.717) is 36.9 Å². The number of carbonyl (C=O) groups excluding carboxylic acids is 2. The predicted molar refractivity (Wildman–Crippen MR) is 143 cm³/mol. The van der Waals surface area contributed by atoms with E-state index >= 15 is 0 Å². The van der Waals surface area contributed by atoms with Gasteiger partial charge in [-0.25, -0.2) is 4.68 Å². The van der Waals surface area contributed by atoms with Crippen LogP contribution in [0, 0.1) is 5.92 Å². The van der Waals surface area contributed by atoms with Gasteiger partial charge in [0.25, 0.3) is 5.91 Å². The Morgan fingerprint density at radius 2 is 1.78 bits per heavy atom. The van der Waals surface area contributed by atoms with Crippen molar-refractivity contribution in [3.05, 3.63) is 84.0 Å². The molecule has 0 saturated carbocycles. The predicted octanol–water partition coefficient (Wildman–Crippen LogP) is 5.10. The number of hydrogen-bond acceptors (Lipinski definition) is 6. The minimum absolute atomic E-state index is 0.0305. The summed E-state index contributed by atoms with van der Waals surface area (Å²) < 4.78 is 47.3. The molecule has 5 rings (SSSR count).